The standard InChI is InChI=1S/C19H24N2O/c1-2-3-12-18(16-9-5-4-6-10-16)19(22)21-15-13-17-11-7-8-14-20-17/h4-11,14,18H,2-3,12-13,15H2,1H3,(H,21,22). The van der Waals surface area contributed by atoms with Crippen LogP contribution in [0.2, 0.25) is 0 Å². The molecule has 2 aromatic rings. The Morgan fingerprint density at radius 2 is 1.91 bits per heavy atom. The van der Waals surface area contributed by atoms with Crippen molar-refractivity contribution in [2.24, 2.45) is 0 Å². The number of amides is 1. The number of carbonyl (C=O) groups is 1. The van der Waals surface area contributed by atoms with Crippen molar-refractivity contribution >= 4 is 5.91 Å². The second kappa shape index (κ2) is 8.98. The van der Waals surface area contributed by atoms with Crippen LogP contribution in [0.25, 0.3) is 0 Å². The Morgan fingerprint density at radius 3 is 2.59 bits per heavy atom. The molecule has 0 radical (unpaired) electrons. The fourth-order valence-electron chi connectivity index (χ4n) is 2.53. The molecule has 0 aliphatic heterocycles. The van der Waals surface area contributed by atoms with Crippen molar-refractivity contribution in [3.05, 3.63) is 66.0 Å². The van der Waals surface area contributed by atoms with Gasteiger partial charge in [0.05, 0.1) is 5.92 Å². The average Bonchev–Trinajstić information content (AvgIpc) is 2.57. The van der Waals surface area contributed by atoms with Gasteiger partial charge < -0.3 is 5.32 Å². The topological polar surface area (TPSA) is 42.0 Å². The Bertz CT molecular complexity index is 554. The van der Waals surface area contributed by atoms with Crippen LogP contribution in [0.3, 0.4) is 0 Å². The van der Waals surface area contributed by atoms with Gasteiger partial charge in [-0.2, -0.15) is 0 Å². The number of aromatic nitrogens is 1. The van der Waals surface area contributed by atoms with Gasteiger partial charge in [-0.1, -0.05) is 56.2 Å². The van der Waals surface area contributed by atoms with Crippen molar-refractivity contribution in [3.63, 3.8) is 0 Å². The van der Waals surface area contributed by atoms with E-state index in [-0.39, 0.29) is 11.8 Å². The molecule has 1 amide bonds. The lowest BCUT2D eigenvalue weighted by Gasteiger charge is -2.17. The van der Waals surface area contributed by atoms with E-state index >= 15 is 0 Å². The van der Waals surface area contributed by atoms with Crippen molar-refractivity contribution in [1.82, 2.24) is 10.3 Å². The normalized spacial score (nSPS) is 11.9. The molecule has 1 aromatic heterocycles. The SMILES string of the molecule is CCCCC(C(=O)NCCc1ccccn1)c1ccccc1. The van der Waals surface area contributed by atoms with E-state index in [1.807, 2.05) is 48.5 Å². The molecule has 3 nitrogen and oxygen atoms in total. The number of pyridine rings is 1. The molecule has 0 spiro atoms. The maximum atomic E-state index is 12.5. The Hall–Kier alpha value is -2.16. The summed E-state index contributed by atoms with van der Waals surface area (Å²) in [7, 11) is 0. The van der Waals surface area contributed by atoms with Crippen LogP contribution >= 0.6 is 0 Å². The summed E-state index contributed by atoms with van der Waals surface area (Å²) in [5.74, 6) is 0.0699. The number of nitrogens with one attached hydrogen (secondary N) is 1. The molecule has 1 aromatic carbocycles. The molecular formula is C19H24N2O. The maximum Gasteiger partial charge on any atom is 0.227 e. The summed E-state index contributed by atoms with van der Waals surface area (Å²) in [5, 5.41) is 3.06. The summed E-state index contributed by atoms with van der Waals surface area (Å²) in [6.45, 7) is 2.78. The second-order valence-corrected chi connectivity index (χ2v) is 5.47. The number of hydrogen-bond donors (Lipinski definition) is 1. The Kier molecular flexibility index (Phi) is 6.62. The zero-order valence-electron chi connectivity index (χ0n) is 13.2. The molecule has 0 fully saturated rings. The van der Waals surface area contributed by atoms with E-state index in [0.717, 1.165) is 36.9 Å². The third kappa shape index (κ3) is 4.99. The fourth-order valence-corrected chi connectivity index (χ4v) is 2.53. The van der Waals surface area contributed by atoms with Gasteiger partial charge in [0.1, 0.15) is 0 Å². The van der Waals surface area contributed by atoms with Crippen LogP contribution in [0.4, 0.5) is 0 Å². The van der Waals surface area contributed by atoms with Crippen molar-refractivity contribution < 1.29 is 4.79 Å². The minimum atomic E-state index is -0.0510. The number of nitrogens with zero attached hydrogens (tertiary/aromatic N) is 1. The molecule has 1 heterocycles. The summed E-state index contributed by atoms with van der Waals surface area (Å²) >= 11 is 0. The summed E-state index contributed by atoms with van der Waals surface area (Å²) in [6, 6.07) is 15.9. The van der Waals surface area contributed by atoms with Gasteiger partial charge in [0, 0.05) is 24.9 Å². The number of carbonyl (C=O) groups excluding carboxylic acids is 1. The highest BCUT2D eigenvalue weighted by Crippen LogP contribution is 2.22. The third-order valence-electron chi connectivity index (χ3n) is 3.77. The second-order valence-electron chi connectivity index (χ2n) is 5.47. The molecule has 0 saturated heterocycles. The maximum absolute atomic E-state index is 12.5. The molecule has 0 saturated carbocycles. The first-order chi connectivity index (χ1) is 10.8. The van der Waals surface area contributed by atoms with Crippen LogP contribution < -0.4 is 5.32 Å². The summed E-state index contributed by atoms with van der Waals surface area (Å²) in [6.07, 6.45) is 5.61. The highest BCUT2D eigenvalue weighted by Gasteiger charge is 2.19. The van der Waals surface area contributed by atoms with Gasteiger partial charge in [-0.05, 0) is 24.1 Å². The summed E-state index contributed by atoms with van der Waals surface area (Å²) in [4.78, 5) is 16.8. The first-order valence-electron chi connectivity index (χ1n) is 8.04. The van der Waals surface area contributed by atoms with E-state index in [0.29, 0.717) is 6.54 Å². The van der Waals surface area contributed by atoms with Crippen LogP contribution in [0.1, 0.15) is 43.4 Å². The summed E-state index contributed by atoms with van der Waals surface area (Å²) in [5.41, 5.74) is 2.11. The Balaban J connectivity index is 1.91. The van der Waals surface area contributed by atoms with Gasteiger partial charge in [-0.15, -0.1) is 0 Å². The molecule has 0 aliphatic rings. The number of benzene rings is 1. The number of rotatable bonds is 8. The smallest absolute Gasteiger partial charge is 0.227 e. The molecule has 1 unspecified atom stereocenters. The Morgan fingerprint density at radius 1 is 1.14 bits per heavy atom. The van der Waals surface area contributed by atoms with E-state index in [2.05, 4.69) is 17.2 Å². The first-order valence-corrected chi connectivity index (χ1v) is 8.04. The molecule has 1 atom stereocenters. The van der Waals surface area contributed by atoms with Crippen LogP contribution in [-0.4, -0.2) is 17.4 Å². The van der Waals surface area contributed by atoms with E-state index in [1.165, 1.54) is 0 Å². The van der Waals surface area contributed by atoms with Crippen molar-refractivity contribution in [3.8, 4) is 0 Å². The van der Waals surface area contributed by atoms with Gasteiger partial charge in [-0.3, -0.25) is 9.78 Å². The molecule has 2 rings (SSSR count). The predicted octanol–water partition coefficient (Wildman–Crippen LogP) is 3.71. The molecule has 0 aliphatic carbocycles. The highest BCUT2D eigenvalue weighted by molar-refractivity contribution is 5.83. The van der Waals surface area contributed by atoms with Crippen molar-refractivity contribution in [1.29, 1.82) is 0 Å². The van der Waals surface area contributed by atoms with E-state index in [1.54, 1.807) is 6.20 Å². The molecule has 0 bridgehead atoms. The minimum absolute atomic E-state index is 0.0510. The lowest BCUT2D eigenvalue weighted by atomic mass is 9.93. The lowest BCUT2D eigenvalue weighted by molar-refractivity contribution is -0.122. The van der Waals surface area contributed by atoms with Crippen LogP contribution in [-0.2, 0) is 11.2 Å². The molecule has 1 N–H and O–H groups in total. The molecule has 22 heavy (non-hydrogen) atoms. The van der Waals surface area contributed by atoms with Crippen LogP contribution in [0.15, 0.2) is 54.7 Å². The zero-order chi connectivity index (χ0) is 15.6. The molecular weight excluding hydrogens is 272 g/mol. The van der Waals surface area contributed by atoms with E-state index < -0.39 is 0 Å². The largest absolute Gasteiger partial charge is 0.355 e. The van der Waals surface area contributed by atoms with Gasteiger partial charge in [0.2, 0.25) is 5.91 Å². The van der Waals surface area contributed by atoms with Gasteiger partial charge in [-0.25, -0.2) is 0 Å². The monoisotopic (exact) mass is 296 g/mol. The first kappa shape index (κ1) is 16.2. The van der Waals surface area contributed by atoms with Gasteiger partial charge >= 0.3 is 0 Å². The van der Waals surface area contributed by atoms with Crippen molar-refractivity contribution in [2.75, 3.05) is 6.54 Å². The molecule has 116 valence electrons. The fraction of sp³-hybridized carbons (Fsp3) is 0.368. The zero-order valence-corrected chi connectivity index (χ0v) is 13.2. The quantitative estimate of drug-likeness (QED) is 0.807. The van der Waals surface area contributed by atoms with Gasteiger partial charge in [0.15, 0.2) is 0 Å². The van der Waals surface area contributed by atoms with Crippen LogP contribution in [0.5, 0.6) is 0 Å². The number of hydrogen-bond acceptors (Lipinski definition) is 2. The number of unbranched alkanes of at least 4 members (excludes halogenated alkanes) is 1. The minimum Gasteiger partial charge on any atom is -0.355 e. The average molecular weight is 296 g/mol. The van der Waals surface area contributed by atoms with E-state index in [9.17, 15) is 4.79 Å². The lowest BCUT2D eigenvalue weighted by Crippen LogP contribution is -2.31. The highest BCUT2D eigenvalue weighted by atomic mass is 16.1. The Labute approximate surface area is 132 Å². The third-order valence-corrected chi connectivity index (χ3v) is 3.77. The van der Waals surface area contributed by atoms with Crippen LogP contribution in [0, 0.1) is 0 Å². The summed E-state index contributed by atoms with van der Waals surface area (Å²) < 4.78 is 0. The van der Waals surface area contributed by atoms with Gasteiger partial charge in [0.25, 0.3) is 0 Å². The molecule has 3 heteroatoms. The van der Waals surface area contributed by atoms with Crippen molar-refractivity contribution in [2.45, 2.75) is 38.5 Å². The predicted molar refractivity (Wildman–Crippen MR) is 89.7 cm³/mol. The van der Waals surface area contributed by atoms with E-state index in [4.69, 9.17) is 0 Å².